The number of anilines is 1. The number of hydrogen-bond acceptors (Lipinski definition) is 5. The van der Waals surface area contributed by atoms with Crippen LogP contribution in [0, 0.1) is 0 Å². The first-order chi connectivity index (χ1) is 7.63. The summed E-state index contributed by atoms with van der Waals surface area (Å²) in [5.74, 6) is -0.00376. The number of hydrogen-bond donors (Lipinski definition) is 2. The molecule has 1 atom stereocenters. The second-order valence-electron chi connectivity index (χ2n) is 3.12. The van der Waals surface area contributed by atoms with E-state index in [1.165, 1.54) is 6.07 Å². The summed E-state index contributed by atoms with van der Waals surface area (Å²) in [6, 6.07) is 2.46. The highest BCUT2D eigenvalue weighted by atomic mass is 35.5. The SMILES string of the molecule is COCCC(N)C(=O)Nc1ccc(Cl)nn1. The zero-order valence-corrected chi connectivity index (χ0v) is 9.57. The molecule has 0 aliphatic rings. The van der Waals surface area contributed by atoms with Gasteiger partial charge in [-0.25, -0.2) is 0 Å². The summed E-state index contributed by atoms with van der Waals surface area (Å²) in [6.45, 7) is 0.431. The van der Waals surface area contributed by atoms with Crippen LogP contribution in [0.25, 0.3) is 0 Å². The molecule has 88 valence electrons. The van der Waals surface area contributed by atoms with Gasteiger partial charge in [0, 0.05) is 13.7 Å². The van der Waals surface area contributed by atoms with Crippen LogP contribution in [0.2, 0.25) is 5.15 Å². The number of halogens is 1. The Kier molecular flexibility index (Phi) is 5.10. The molecule has 0 spiro atoms. The van der Waals surface area contributed by atoms with E-state index in [-0.39, 0.29) is 11.1 Å². The molecule has 16 heavy (non-hydrogen) atoms. The van der Waals surface area contributed by atoms with E-state index in [0.29, 0.717) is 18.8 Å². The van der Waals surface area contributed by atoms with E-state index in [1.54, 1.807) is 13.2 Å². The highest BCUT2D eigenvalue weighted by Crippen LogP contribution is 2.06. The van der Waals surface area contributed by atoms with E-state index in [4.69, 9.17) is 22.1 Å². The molecular weight excluding hydrogens is 232 g/mol. The lowest BCUT2D eigenvalue weighted by molar-refractivity contribution is -0.117. The fraction of sp³-hybridized carbons (Fsp3) is 0.444. The number of ether oxygens (including phenoxy) is 1. The third kappa shape index (κ3) is 4.09. The van der Waals surface area contributed by atoms with Crippen LogP contribution in [0.15, 0.2) is 12.1 Å². The van der Waals surface area contributed by atoms with Gasteiger partial charge in [-0.15, -0.1) is 10.2 Å². The summed E-state index contributed by atoms with van der Waals surface area (Å²) >= 11 is 5.55. The number of carbonyl (C=O) groups is 1. The van der Waals surface area contributed by atoms with E-state index in [2.05, 4.69) is 15.5 Å². The first-order valence-corrected chi connectivity index (χ1v) is 5.06. The average Bonchev–Trinajstić information content (AvgIpc) is 2.29. The molecule has 3 N–H and O–H groups in total. The summed E-state index contributed by atoms with van der Waals surface area (Å²) in [4.78, 5) is 11.5. The van der Waals surface area contributed by atoms with Crippen LogP contribution in [0.5, 0.6) is 0 Å². The zero-order chi connectivity index (χ0) is 12.0. The molecule has 0 aromatic carbocycles. The van der Waals surface area contributed by atoms with Crippen molar-refractivity contribution in [2.45, 2.75) is 12.5 Å². The molecule has 0 fully saturated rings. The molecule has 1 rings (SSSR count). The third-order valence-electron chi connectivity index (χ3n) is 1.85. The number of nitrogens with zero attached hydrogens (tertiary/aromatic N) is 2. The smallest absolute Gasteiger partial charge is 0.242 e. The first-order valence-electron chi connectivity index (χ1n) is 4.68. The molecule has 0 saturated heterocycles. The Hall–Kier alpha value is -1.24. The maximum atomic E-state index is 11.5. The van der Waals surface area contributed by atoms with E-state index < -0.39 is 6.04 Å². The molecule has 7 heteroatoms. The molecule has 1 aromatic heterocycles. The highest BCUT2D eigenvalue weighted by Gasteiger charge is 2.13. The van der Waals surface area contributed by atoms with Crippen LogP contribution in [-0.2, 0) is 9.53 Å². The number of rotatable bonds is 5. The molecule has 1 heterocycles. The van der Waals surface area contributed by atoms with Gasteiger partial charge in [-0.2, -0.15) is 0 Å². The van der Waals surface area contributed by atoms with E-state index in [0.717, 1.165) is 0 Å². The van der Waals surface area contributed by atoms with Crippen molar-refractivity contribution in [3.8, 4) is 0 Å². The van der Waals surface area contributed by atoms with Gasteiger partial charge < -0.3 is 15.8 Å². The number of nitrogens with two attached hydrogens (primary N) is 1. The maximum Gasteiger partial charge on any atom is 0.242 e. The Balaban J connectivity index is 2.47. The van der Waals surface area contributed by atoms with Gasteiger partial charge in [-0.05, 0) is 18.6 Å². The van der Waals surface area contributed by atoms with Gasteiger partial charge in [0.05, 0.1) is 6.04 Å². The van der Waals surface area contributed by atoms with Crippen molar-refractivity contribution in [3.05, 3.63) is 17.3 Å². The monoisotopic (exact) mass is 244 g/mol. The summed E-state index contributed by atoms with van der Waals surface area (Å²) in [6.07, 6.45) is 0.448. The number of aromatic nitrogens is 2. The average molecular weight is 245 g/mol. The summed E-state index contributed by atoms with van der Waals surface area (Å²) in [5.41, 5.74) is 5.61. The highest BCUT2D eigenvalue weighted by molar-refractivity contribution is 6.29. The van der Waals surface area contributed by atoms with Crippen molar-refractivity contribution in [2.75, 3.05) is 19.0 Å². The fourth-order valence-electron chi connectivity index (χ4n) is 0.978. The number of methoxy groups -OCH3 is 1. The van der Waals surface area contributed by atoms with E-state index in [1.807, 2.05) is 0 Å². The fourth-order valence-corrected chi connectivity index (χ4v) is 1.08. The lowest BCUT2D eigenvalue weighted by Crippen LogP contribution is -2.36. The minimum absolute atomic E-state index is 0.265. The Morgan fingerprint density at radius 1 is 1.62 bits per heavy atom. The molecule has 0 aliphatic carbocycles. The van der Waals surface area contributed by atoms with Gasteiger partial charge in [0.25, 0.3) is 0 Å². The predicted octanol–water partition coefficient (Wildman–Crippen LogP) is 0.432. The van der Waals surface area contributed by atoms with Crippen LogP contribution in [0.4, 0.5) is 5.82 Å². The minimum atomic E-state index is -0.627. The largest absolute Gasteiger partial charge is 0.385 e. The van der Waals surface area contributed by atoms with Crippen LogP contribution in [0.3, 0.4) is 0 Å². The Bertz CT molecular complexity index is 344. The minimum Gasteiger partial charge on any atom is -0.385 e. The number of carbonyl (C=O) groups excluding carboxylic acids is 1. The molecule has 1 unspecified atom stereocenters. The predicted molar refractivity (Wildman–Crippen MR) is 60.1 cm³/mol. The zero-order valence-electron chi connectivity index (χ0n) is 8.81. The second kappa shape index (κ2) is 6.37. The molecule has 0 saturated carbocycles. The van der Waals surface area contributed by atoms with Gasteiger partial charge in [0.1, 0.15) is 0 Å². The molecule has 0 radical (unpaired) electrons. The molecule has 1 aromatic rings. The van der Waals surface area contributed by atoms with E-state index >= 15 is 0 Å². The van der Waals surface area contributed by atoms with Crippen molar-refractivity contribution in [1.29, 1.82) is 0 Å². The van der Waals surface area contributed by atoms with Crippen LogP contribution in [0.1, 0.15) is 6.42 Å². The Morgan fingerprint density at radius 3 is 2.94 bits per heavy atom. The van der Waals surface area contributed by atoms with Crippen molar-refractivity contribution >= 4 is 23.3 Å². The topological polar surface area (TPSA) is 90.1 Å². The van der Waals surface area contributed by atoms with Crippen molar-refractivity contribution in [2.24, 2.45) is 5.73 Å². The summed E-state index contributed by atoms with van der Waals surface area (Å²) < 4.78 is 4.82. The Labute approximate surface area is 98.1 Å². The van der Waals surface area contributed by atoms with E-state index in [9.17, 15) is 4.79 Å². The lowest BCUT2D eigenvalue weighted by atomic mass is 10.2. The van der Waals surface area contributed by atoms with Gasteiger partial charge in [0.15, 0.2) is 11.0 Å². The third-order valence-corrected chi connectivity index (χ3v) is 2.05. The second-order valence-corrected chi connectivity index (χ2v) is 3.51. The van der Waals surface area contributed by atoms with Gasteiger partial charge >= 0.3 is 0 Å². The maximum absolute atomic E-state index is 11.5. The molecule has 1 amide bonds. The lowest BCUT2D eigenvalue weighted by Gasteiger charge is -2.10. The number of nitrogens with one attached hydrogen (secondary N) is 1. The number of amides is 1. The molecular formula is C9H13ClN4O2. The molecule has 0 aliphatic heterocycles. The van der Waals surface area contributed by atoms with Crippen molar-refractivity contribution in [3.63, 3.8) is 0 Å². The van der Waals surface area contributed by atoms with Gasteiger partial charge in [-0.3, -0.25) is 4.79 Å². The summed E-state index contributed by atoms with van der Waals surface area (Å²) in [7, 11) is 1.55. The van der Waals surface area contributed by atoms with Crippen LogP contribution < -0.4 is 11.1 Å². The van der Waals surface area contributed by atoms with Crippen LogP contribution >= 0.6 is 11.6 Å². The van der Waals surface area contributed by atoms with Gasteiger partial charge in [0.2, 0.25) is 5.91 Å². The van der Waals surface area contributed by atoms with Crippen molar-refractivity contribution < 1.29 is 9.53 Å². The van der Waals surface area contributed by atoms with Gasteiger partial charge in [-0.1, -0.05) is 11.6 Å². The standard InChI is InChI=1S/C9H13ClN4O2/c1-16-5-4-6(11)9(15)12-8-3-2-7(10)13-14-8/h2-3,6H,4-5,11H2,1H3,(H,12,14,15). The Morgan fingerprint density at radius 2 is 2.38 bits per heavy atom. The molecule has 6 nitrogen and oxygen atoms in total. The quantitative estimate of drug-likeness (QED) is 0.784. The summed E-state index contributed by atoms with van der Waals surface area (Å²) in [5, 5.41) is 10.1. The normalized spacial score (nSPS) is 12.2. The molecule has 0 bridgehead atoms. The van der Waals surface area contributed by atoms with Crippen LogP contribution in [-0.4, -0.2) is 35.9 Å². The van der Waals surface area contributed by atoms with Crippen molar-refractivity contribution in [1.82, 2.24) is 10.2 Å². The first kappa shape index (κ1) is 12.8.